The van der Waals surface area contributed by atoms with Crippen LogP contribution in [0.3, 0.4) is 0 Å². The van der Waals surface area contributed by atoms with Gasteiger partial charge in [0.2, 0.25) is 11.8 Å². The average Bonchev–Trinajstić information content (AvgIpc) is 2.89. The van der Waals surface area contributed by atoms with Crippen molar-refractivity contribution in [3.8, 4) is 0 Å². The number of nitrogens with one attached hydrogen (secondary N) is 1. The predicted molar refractivity (Wildman–Crippen MR) is 155 cm³/mol. The van der Waals surface area contributed by atoms with Gasteiger partial charge < -0.3 is 10.2 Å². The van der Waals surface area contributed by atoms with Gasteiger partial charge in [-0.25, -0.2) is 8.42 Å². The van der Waals surface area contributed by atoms with Crippen molar-refractivity contribution in [2.24, 2.45) is 0 Å². The van der Waals surface area contributed by atoms with Gasteiger partial charge in [0.25, 0.3) is 10.0 Å². The molecule has 11 heteroatoms. The van der Waals surface area contributed by atoms with Crippen LogP contribution in [0.25, 0.3) is 0 Å². The lowest BCUT2D eigenvalue weighted by Crippen LogP contribution is -2.51. The molecule has 0 aliphatic carbocycles. The van der Waals surface area contributed by atoms with Crippen LogP contribution < -0.4 is 9.62 Å². The van der Waals surface area contributed by atoms with Gasteiger partial charge in [-0.1, -0.05) is 64.3 Å². The predicted octanol–water partition coefficient (Wildman–Crippen LogP) is 5.89. The molecule has 0 fully saturated rings. The Morgan fingerprint density at radius 2 is 1.63 bits per heavy atom. The van der Waals surface area contributed by atoms with E-state index in [0.29, 0.717) is 16.6 Å². The zero-order valence-corrected chi connectivity index (χ0v) is 24.8. The molecule has 0 aliphatic heterocycles. The lowest BCUT2D eigenvalue weighted by molar-refractivity contribution is -0.139. The highest BCUT2D eigenvalue weighted by molar-refractivity contribution is 9.10. The van der Waals surface area contributed by atoms with Gasteiger partial charge in [0.15, 0.2) is 0 Å². The first-order valence-corrected chi connectivity index (χ1v) is 14.9. The van der Waals surface area contributed by atoms with E-state index in [4.69, 9.17) is 23.2 Å². The van der Waals surface area contributed by atoms with Gasteiger partial charge in [-0.05, 0) is 73.5 Å². The highest BCUT2D eigenvalue weighted by Crippen LogP contribution is 2.27. The van der Waals surface area contributed by atoms with Crippen LogP contribution in [0.2, 0.25) is 10.0 Å². The standard InChI is InChI=1S/C27H28BrCl2N3O4S/c1-3-15-31-27(35)19(2)32(17-20-7-9-21(28)10-8-20)26(34)18-33(24-6-4-5-23(30)16-24)38(36,37)25-13-11-22(29)12-14-25/h4-14,16,19H,3,15,17-18H2,1-2H3,(H,31,35). The van der Waals surface area contributed by atoms with E-state index in [0.717, 1.165) is 20.8 Å². The molecule has 3 aromatic rings. The number of carbonyl (C=O) groups is 2. The SMILES string of the molecule is CCCNC(=O)C(C)N(Cc1ccc(Br)cc1)C(=O)CN(c1cccc(Cl)c1)S(=O)(=O)c1ccc(Cl)cc1. The van der Waals surface area contributed by atoms with Gasteiger partial charge in [-0.15, -0.1) is 0 Å². The molecule has 0 aliphatic rings. The largest absolute Gasteiger partial charge is 0.354 e. The van der Waals surface area contributed by atoms with Gasteiger partial charge in [0, 0.05) is 27.6 Å². The second-order valence-corrected chi connectivity index (χ2v) is 12.2. The van der Waals surface area contributed by atoms with E-state index >= 15 is 0 Å². The van der Waals surface area contributed by atoms with Gasteiger partial charge in [0.05, 0.1) is 10.6 Å². The lowest BCUT2D eigenvalue weighted by Gasteiger charge is -2.32. The second-order valence-electron chi connectivity index (χ2n) is 8.56. The minimum Gasteiger partial charge on any atom is -0.354 e. The summed E-state index contributed by atoms with van der Waals surface area (Å²) >= 11 is 15.5. The van der Waals surface area contributed by atoms with Gasteiger partial charge in [-0.3, -0.25) is 13.9 Å². The van der Waals surface area contributed by atoms with Crippen molar-refractivity contribution in [3.63, 3.8) is 0 Å². The maximum absolute atomic E-state index is 13.8. The Hall–Kier alpha value is -2.59. The molecule has 2 amide bonds. The first kappa shape index (κ1) is 30.0. The Morgan fingerprint density at radius 3 is 2.24 bits per heavy atom. The molecule has 0 heterocycles. The van der Waals surface area contributed by atoms with Gasteiger partial charge >= 0.3 is 0 Å². The van der Waals surface area contributed by atoms with Crippen LogP contribution in [0.15, 0.2) is 82.2 Å². The number of amides is 2. The highest BCUT2D eigenvalue weighted by atomic mass is 79.9. The van der Waals surface area contributed by atoms with E-state index in [1.165, 1.54) is 35.2 Å². The summed E-state index contributed by atoms with van der Waals surface area (Å²) in [6.07, 6.45) is 0.737. The molecule has 202 valence electrons. The number of halogens is 3. The summed E-state index contributed by atoms with van der Waals surface area (Å²) < 4.78 is 29.3. The van der Waals surface area contributed by atoms with Crippen molar-refractivity contribution in [3.05, 3.63) is 92.9 Å². The molecule has 0 radical (unpaired) electrons. The van der Waals surface area contributed by atoms with Crippen molar-refractivity contribution in [2.75, 3.05) is 17.4 Å². The molecule has 0 bridgehead atoms. The number of sulfonamides is 1. The van der Waals surface area contributed by atoms with E-state index in [-0.39, 0.29) is 23.0 Å². The average molecular weight is 641 g/mol. The Kier molecular flexibility index (Phi) is 10.6. The molecule has 3 rings (SSSR count). The van der Waals surface area contributed by atoms with Crippen LogP contribution in [-0.4, -0.2) is 44.3 Å². The van der Waals surface area contributed by atoms with E-state index in [9.17, 15) is 18.0 Å². The van der Waals surface area contributed by atoms with Crippen molar-refractivity contribution < 1.29 is 18.0 Å². The summed E-state index contributed by atoms with van der Waals surface area (Å²) in [5.74, 6) is -0.878. The first-order chi connectivity index (χ1) is 18.0. The fraction of sp³-hybridized carbons (Fsp3) is 0.259. The smallest absolute Gasteiger partial charge is 0.264 e. The summed E-state index contributed by atoms with van der Waals surface area (Å²) in [4.78, 5) is 28.0. The fourth-order valence-corrected chi connectivity index (χ4v) is 5.64. The summed E-state index contributed by atoms with van der Waals surface area (Å²) in [5, 5.41) is 3.50. The molecule has 1 atom stereocenters. The van der Waals surface area contributed by atoms with Crippen LogP contribution in [0.1, 0.15) is 25.8 Å². The van der Waals surface area contributed by atoms with Crippen LogP contribution in [0.4, 0.5) is 5.69 Å². The molecule has 38 heavy (non-hydrogen) atoms. The number of benzene rings is 3. The molecular weight excluding hydrogens is 613 g/mol. The molecule has 0 saturated carbocycles. The molecule has 7 nitrogen and oxygen atoms in total. The van der Waals surface area contributed by atoms with Crippen LogP contribution in [-0.2, 0) is 26.2 Å². The number of anilines is 1. The number of carbonyl (C=O) groups excluding carboxylic acids is 2. The maximum atomic E-state index is 13.8. The molecule has 0 aromatic heterocycles. The first-order valence-electron chi connectivity index (χ1n) is 11.9. The molecule has 1 unspecified atom stereocenters. The van der Waals surface area contributed by atoms with E-state index in [2.05, 4.69) is 21.2 Å². The maximum Gasteiger partial charge on any atom is 0.264 e. The summed E-state index contributed by atoms with van der Waals surface area (Å²) in [5.41, 5.74) is 0.999. The van der Waals surface area contributed by atoms with E-state index in [1.807, 2.05) is 31.2 Å². The molecule has 1 N–H and O–H groups in total. The van der Waals surface area contributed by atoms with Crippen molar-refractivity contribution in [1.29, 1.82) is 0 Å². The Bertz CT molecular complexity index is 1370. The number of hydrogen-bond acceptors (Lipinski definition) is 4. The third-order valence-corrected chi connectivity index (χ3v) is 8.56. The van der Waals surface area contributed by atoms with Gasteiger partial charge in [-0.2, -0.15) is 0 Å². The van der Waals surface area contributed by atoms with Crippen molar-refractivity contribution in [2.45, 2.75) is 37.8 Å². The minimum absolute atomic E-state index is 0.0390. The normalized spacial score (nSPS) is 12.0. The molecule has 3 aromatic carbocycles. The summed E-state index contributed by atoms with van der Waals surface area (Å²) in [6, 6.07) is 18.4. The Morgan fingerprint density at radius 1 is 0.974 bits per heavy atom. The summed E-state index contributed by atoms with van der Waals surface area (Å²) in [6.45, 7) is 3.58. The Balaban J connectivity index is 2.01. The highest BCUT2D eigenvalue weighted by Gasteiger charge is 2.32. The van der Waals surface area contributed by atoms with Crippen molar-refractivity contribution >= 4 is 66.7 Å². The topological polar surface area (TPSA) is 86.8 Å². The zero-order valence-electron chi connectivity index (χ0n) is 20.9. The Labute approximate surface area is 241 Å². The third-order valence-electron chi connectivity index (χ3n) is 5.76. The fourth-order valence-electron chi connectivity index (χ4n) is 3.66. The molecular formula is C27H28BrCl2N3O4S. The van der Waals surface area contributed by atoms with E-state index in [1.54, 1.807) is 25.1 Å². The zero-order chi connectivity index (χ0) is 27.9. The lowest BCUT2D eigenvalue weighted by atomic mass is 10.1. The number of hydrogen-bond donors (Lipinski definition) is 1. The molecule has 0 spiro atoms. The van der Waals surface area contributed by atoms with Crippen LogP contribution in [0, 0.1) is 0 Å². The van der Waals surface area contributed by atoms with Crippen LogP contribution in [0.5, 0.6) is 0 Å². The van der Waals surface area contributed by atoms with Crippen molar-refractivity contribution in [1.82, 2.24) is 10.2 Å². The van der Waals surface area contributed by atoms with E-state index < -0.39 is 28.5 Å². The molecule has 0 saturated heterocycles. The quantitative estimate of drug-likeness (QED) is 0.283. The second kappa shape index (κ2) is 13.5. The number of nitrogens with zero attached hydrogens (tertiary/aromatic N) is 2. The summed E-state index contributed by atoms with van der Waals surface area (Å²) in [7, 11) is -4.19. The minimum atomic E-state index is -4.19. The monoisotopic (exact) mass is 639 g/mol. The number of rotatable bonds is 11. The van der Waals surface area contributed by atoms with Crippen LogP contribution >= 0.6 is 39.1 Å². The van der Waals surface area contributed by atoms with Gasteiger partial charge in [0.1, 0.15) is 12.6 Å². The third kappa shape index (κ3) is 7.72.